The second-order valence-corrected chi connectivity index (χ2v) is 7.25. The van der Waals surface area contributed by atoms with Crippen molar-refractivity contribution in [2.75, 3.05) is 6.54 Å². The molecule has 0 N–H and O–H groups in total. The van der Waals surface area contributed by atoms with E-state index in [0.717, 1.165) is 18.7 Å². The van der Waals surface area contributed by atoms with Crippen molar-refractivity contribution in [2.24, 2.45) is 7.05 Å². The minimum atomic E-state index is -3.52. The topological polar surface area (TPSA) is 73.0 Å². The molecule has 0 amide bonds. The van der Waals surface area contributed by atoms with Crippen LogP contribution in [0.25, 0.3) is 0 Å². The first-order valence-electron chi connectivity index (χ1n) is 6.96. The summed E-state index contributed by atoms with van der Waals surface area (Å²) in [5.41, 5.74) is 0. The van der Waals surface area contributed by atoms with Crippen molar-refractivity contribution in [1.29, 1.82) is 0 Å². The molecule has 0 spiro atoms. The Morgan fingerprint density at radius 3 is 2.81 bits per heavy atom. The van der Waals surface area contributed by atoms with Gasteiger partial charge in [-0.25, -0.2) is 18.4 Å². The van der Waals surface area contributed by atoms with Gasteiger partial charge in [0.25, 0.3) is 10.0 Å². The molecule has 0 bridgehead atoms. The lowest BCUT2D eigenvalue weighted by atomic mass is 10.2. The fourth-order valence-corrected chi connectivity index (χ4v) is 4.43. The highest BCUT2D eigenvalue weighted by Crippen LogP contribution is 2.26. The third-order valence-electron chi connectivity index (χ3n) is 3.91. The molecule has 114 valence electrons. The maximum absolute atomic E-state index is 12.7. The molecule has 0 saturated carbocycles. The van der Waals surface area contributed by atoms with Gasteiger partial charge in [0.05, 0.1) is 6.33 Å². The van der Waals surface area contributed by atoms with Gasteiger partial charge in [-0.2, -0.15) is 4.31 Å². The van der Waals surface area contributed by atoms with E-state index in [4.69, 9.17) is 0 Å². The van der Waals surface area contributed by atoms with E-state index in [1.54, 1.807) is 28.3 Å². The van der Waals surface area contributed by atoms with E-state index in [-0.39, 0.29) is 11.1 Å². The van der Waals surface area contributed by atoms with E-state index >= 15 is 0 Å². The van der Waals surface area contributed by atoms with Crippen LogP contribution in [0.15, 0.2) is 29.9 Å². The van der Waals surface area contributed by atoms with Gasteiger partial charge < -0.3 is 9.13 Å². The molecule has 7 nitrogen and oxygen atoms in total. The van der Waals surface area contributed by atoms with Gasteiger partial charge in [0.2, 0.25) is 0 Å². The van der Waals surface area contributed by atoms with Crippen LogP contribution in [0, 0.1) is 6.92 Å². The van der Waals surface area contributed by atoms with Crippen LogP contribution in [0.1, 0.15) is 18.7 Å². The Bertz CT molecular complexity index is 733. The molecule has 3 rings (SSSR count). The molecule has 1 aliphatic heterocycles. The van der Waals surface area contributed by atoms with Crippen LogP contribution < -0.4 is 0 Å². The largest absolute Gasteiger partial charge is 0.339 e. The third-order valence-corrected chi connectivity index (χ3v) is 5.75. The molecule has 21 heavy (non-hydrogen) atoms. The molecule has 1 saturated heterocycles. The molecule has 1 aliphatic rings. The van der Waals surface area contributed by atoms with Gasteiger partial charge in [0, 0.05) is 44.8 Å². The van der Waals surface area contributed by atoms with Gasteiger partial charge in [-0.15, -0.1) is 0 Å². The standard InChI is InChI=1S/C13H19N5O2S/c1-11-14-5-7-17(11)8-12-4-3-6-18(12)21(19,20)13-9-16(2)10-15-13/h5,7,9-10,12H,3-4,6,8H2,1-2H3/t12-/m0/s1. The summed E-state index contributed by atoms with van der Waals surface area (Å²) in [5.74, 6) is 0.900. The summed E-state index contributed by atoms with van der Waals surface area (Å²) in [6.07, 6.45) is 8.43. The first kappa shape index (κ1) is 14.3. The van der Waals surface area contributed by atoms with Crippen molar-refractivity contribution in [3.05, 3.63) is 30.7 Å². The molecule has 0 aliphatic carbocycles. The SMILES string of the molecule is Cc1nccn1C[C@@H]1CCCN1S(=O)(=O)c1cn(C)cn1. The summed E-state index contributed by atoms with van der Waals surface area (Å²) >= 11 is 0. The van der Waals surface area contributed by atoms with Crippen molar-refractivity contribution >= 4 is 10.0 Å². The Morgan fingerprint density at radius 2 is 2.19 bits per heavy atom. The van der Waals surface area contributed by atoms with E-state index in [0.29, 0.717) is 13.1 Å². The van der Waals surface area contributed by atoms with Crippen LogP contribution >= 0.6 is 0 Å². The van der Waals surface area contributed by atoms with Crippen molar-refractivity contribution in [3.63, 3.8) is 0 Å². The summed E-state index contributed by atoms with van der Waals surface area (Å²) in [6, 6.07) is -0.0371. The smallest absolute Gasteiger partial charge is 0.262 e. The molecular formula is C13H19N5O2S. The average Bonchev–Trinajstić information content (AvgIpc) is 3.13. The van der Waals surface area contributed by atoms with Crippen LogP contribution in [0.5, 0.6) is 0 Å². The van der Waals surface area contributed by atoms with Crippen molar-refractivity contribution < 1.29 is 8.42 Å². The quantitative estimate of drug-likeness (QED) is 0.836. The number of hydrogen-bond donors (Lipinski definition) is 0. The van der Waals surface area contributed by atoms with Crippen LogP contribution in [-0.4, -0.2) is 44.4 Å². The van der Waals surface area contributed by atoms with Crippen molar-refractivity contribution in [1.82, 2.24) is 23.4 Å². The zero-order valence-electron chi connectivity index (χ0n) is 12.2. The molecule has 8 heteroatoms. The molecule has 2 aromatic heterocycles. The van der Waals surface area contributed by atoms with Crippen LogP contribution in [0.2, 0.25) is 0 Å². The molecule has 0 unspecified atom stereocenters. The highest BCUT2D eigenvalue weighted by molar-refractivity contribution is 7.89. The Kier molecular flexibility index (Phi) is 3.58. The van der Waals surface area contributed by atoms with E-state index in [9.17, 15) is 8.42 Å². The fraction of sp³-hybridized carbons (Fsp3) is 0.538. The van der Waals surface area contributed by atoms with Crippen LogP contribution in [-0.2, 0) is 23.6 Å². The number of imidazole rings is 2. The lowest BCUT2D eigenvalue weighted by Crippen LogP contribution is -2.38. The molecule has 2 aromatic rings. The highest BCUT2D eigenvalue weighted by atomic mass is 32.2. The molecule has 0 aromatic carbocycles. The number of hydrogen-bond acceptors (Lipinski definition) is 4. The van der Waals surface area contributed by atoms with Crippen molar-refractivity contribution in [3.8, 4) is 0 Å². The maximum Gasteiger partial charge on any atom is 0.262 e. The zero-order valence-corrected chi connectivity index (χ0v) is 13.0. The van der Waals surface area contributed by atoms with Gasteiger partial charge in [-0.3, -0.25) is 0 Å². The average molecular weight is 309 g/mol. The predicted octanol–water partition coefficient (Wildman–Crippen LogP) is 0.778. The van der Waals surface area contributed by atoms with E-state index in [1.165, 1.54) is 6.33 Å². The van der Waals surface area contributed by atoms with E-state index in [1.807, 2.05) is 17.7 Å². The normalized spacial score (nSPS) is 20.2. The fourth-order valence-electron chi connectivity index (χ4n) is 2.77. The van der Waals surface area contributed by atoms with Crippen LogP contribution in [0.3, 0.4) is 0 Å². The molecule has 0 radical (unpaired) electrons. The number of rotatable bonds is 4. The van der Waals surface area contributed by atoms with E-state index in [2.05, 4.69) is 9.97 Å². The second-order valence-electron chi connectivity index (χ2n) is 5.42. The number of nitrogens with zero attached hydrogens (tertiary/aromatic N) is 5. The maximum atomic E-state index is 12.7. The lowest BCUT2D eigenvalue weighted by Gasteiger charge is -2.23. The summed E-state index contributed by atoms with van der Waals surface area (Å²) in [7, 11) is -1.75. The van der Waals surface area contributed by atoms with Crippen LogP contribution in [0.4, 0.5) is 0 Å². The third kappa shape index (κ3) is 2.60. The highest BCUT2D eigenvalue weighted by Gasteiger charge is 2.36. The van der Waals surface area contributed by atoms with Gasteiger partial charge in [-0.05, 0) is 19.8 Å². The minimum Gasteiger partial charge on any atom is -0.339 e. The summed E-state index contributed by atoms with van der Waals surface area (Å²) in [6.45, 7) is 3.11. The van der Waals surface area contributed by atoms with Gasteiger partial charge in [-0.1, -0.05) is 0 Å². The first-order valence-corrected chi connectivity index (χ1v) is 8.40. The van der Waals surface area contributed by atoms with E-state index < -0.39 is 10.0 Å². The van der Waals surface area contributed by atoms with Crippen molar-refractivity contribution in [2.45, 2.75) is 37.4 Å². The Morgan fingerprint density at radius 1 is 1.38 bits per heavy atom. The van der Waals surface area contributed by atoms with Gasteiger partial charge >= 0.3 is 0 Å². The monoisotopic (exact) mass is 309 g/mol. The Balaban J connectivity index is 1.85. The van der Waals surface area contributed by atoms with Gasteiger partial charge in [0.15, 0.2) is 5.03 Å². The predicted molar refractivity (Wildman–Crippen MR) is 77.1 cm³/mol. The number of aryl methyl sites for hydroxylation is 2. The second kappa shape index (κ2) is 5.27. The number of aromatic nitrogens is 4. The zero-order chi connectivity index (χ0) is 15.0. The molecular weight excluding hydrogens is 290 g/mol. The lowest BCUT2D eigenvalue weighted by molar-refractivity contribution is 0.349. The summed E-state index contributed by atoms with van der Waals surface area (Å²) < 4.78 is 30.6. The molecule has 1 fully saturated rings. The Hall–Kier alpha value is -1.67. The number of sulfonamides is 1. The molecule has 3 heterocycles. The first-order chi connectivity index (χ1) is 9.98. The minimum absolute atomic E-state index is 0.0371. The Labute approximate surface area is 124 Å². The summed E-state index contributed by atoms with van der Waals surface area (Å²) in [5, 5.41) is 0.124. The molecule has 1 atom stereocenters. The van der Waals surface area contributed by atoms with Gasteiger partial charge in [0.1, 0.15) is 5.82 Å². The summed E-state index contributed by atoms with van der Waals surface area (Å²) in [4.78, 5) is 8.18.